The van der Waals surface area contributed by atoms with Gasteiger partial charge >= 0.3 is 5.97 Å². The van der Waals surface area contributed by atoms with Gasteiger partial charge in [-0.1, -0.05) is 60.7 Å². The van der Waals surface area contributed by atoms with Crippen molar-refractivity contribution in [1.29, 1.82) is 0 Å². The lowest BCUT2D eigenvalue weighted by Gasteiger charge is -2.02. The van der Waals surface area contributed by atoms with E-state index in [0.29, 0.717) is 12.0 Å². The van der Waals surface area contributed by atoms with Crippen molar-refractivity contribution >= 4 is 17.8 Å². The van der Waals surface area contributed by atoms with Crippen LogP contribution in [0.1, 0.15) is 34.3 Å². The molecule has 0 saturated heterocycles. The molecule has 23 heavy (non-hydrogen) atoms. The van der Waals surface area contributed by atoms with Gasteiger partial charge in [-0.25, -0.2) is 0 Å². The molecule has 0 atom stereocenters. The number of rotatable bonds is 7. The Balaban J connectivity index is 1.90. The summed E-state index contributed by atoms with van der Waals surface area (Å²) in [7, 11) is 1.39. The van der Waals surface area contributed by atoms with Crippen LogP contribution < -0.4 is 0 Å². The Bertz CT molecular complexity index is 670. The Morgan fingerprint density at radius 3 is 2.35 bits per heavy atom. The lowest BCUT2D eigenvalue weighted by atomic mass is 10.0. The molecule has 2 aromatic carbocycles. The summed E-state index contributed by atoms with van der Waals surface area (Å²) >= 11 is 0. The van der Waals surface area contributed by atoms with Gasteiger partial charge in [0.05, 0.1) is 7.11 Å². The molecule has 0 spiro atoms. The highest BCUT2D eigenvalue weighted by molar-refractivity contribution is 6.06. The van der Waals surface area contributed by atoms with Crippen molar-refractivity contribution in [3.8, 4) is 0 Å². The van der Waals surface area contributed by atoms with E-state index < -0.39 is 0 Å². The van der Waals surface area contributed by atoms with Crippen molar-refractivity contribution in [3.63, 3.8) is 0 Å². The molecular formula is C20H20O3. The number of hydrogen-bond donors (Lipinski definition) is 0. The molecule has 0 heterocycles. The highest BCUT2D eigenvalue weighted by Gasteiger charge is 2.03. The van der Waals surface area contributed by atoms with Crippen LogP contribution in [0.5, 0.6) is 0 Å². The molecule has 2 rings (SSSR count). The second-order valence-corrected chi connectivity index (χ2v) is 5.23. The Kier molecular flexibility index (Phi) is 6.30. The van der Waals surface area contributed by atoms with E-state index in [0.717, 1.165) is 24.0 Å². The van der Waals surface area contributed by atoms with Crippen LogP contribution in [-0.2, 0) is 16.0 Å². The Hall–Kier alpha value is -2.68. The zero-order valence-corrected chi connectivity index (χ0v) is 13.2. The van der Waals surface area contributed by atoms with Gasteiger partial charge in [0.25, 0.3) is 0 Å². The fourth-order valence-electron chi connectivity index (χ4n) is 2.21. The van der Waals surface area contributed by atoms with Crippen molar-refractivity contribution < 1.29 is 14.3 Å². The number of esters is 1. The maximum Gasteiger partial charge on any atom is 0.305 e. The molecule has 3 nitrogen and oxygen atoms in total. The minimum absolute atomic E-state index is 0.0186. The fraction of sp³-hybridized carbons (Fsp3) is 0.200. The molecule has 118 valence electrons. The number of ether oxygens (including phenoxy) is 1. The van der Waals surface area contributed by atoms with Crippen molar-refractivity contribution in [2.75, 3.05) is 7.11 Å². The Morgan fingerprint density at radius 2 is 1.70 bits per heavy atom. The van der Waals surface area contributed by atoms with E-state index in [9.17, 15) is 9.59 Å². The number of carbonyl (C=O) groups excluding carboxylic acids is 2. The van der Waals surface area contributed by atoms with Crippen LogP contribution >= 0.6 is 0 Å². The van der Waals surface area contributed by atoms with Gasteiger partial charge in [0.2, 0.25) is 0 Å². The van der Waals surface area contributed by atoms with Crippen LogP contribution in [0.15, 0.2) is 60.7 Å². The quantitative estimate of drug-likeness (QED) is 0.440. The summed E-state index contributed by atoms with van der Waals surface area (Å²) in [6.45, 7) is 0. The average Bonchev–Trinajstić information content (AvgIpc) is 2.61. The molecule has 0 N–H and O–H groups in total. The third-order valence-corrected chi connectivity index (χ3v) is 3.54. The molecule has 0 aliphatic heterocycles. The predicted molar refractivity (Wildman–Crippen MR) is 91.2 cm³/mol. The van der Waals surface area contributed by atoms with E-state index in [4.69, 9.17) is 0 Å². The van der Waals surface area contributed by atoms with Gasteiger partial charge in [0, 0.05) is 12.0 Å². The number of ketones is 1. The summed E-state index contributed by atoms with van der Waals surface area (Å²) in [5.74, 6) is -0.210. The molecule has 2 aromatic rings. The number of aryl methyl sites for hydroxylation is 1. The topological polar surface area (TPSA) is 43.4 Å². The molecule has 0 unspecified atom stereocenters. The minimum atomic E-state index is -0.192. The van der Waals surface area contributed by atoms with Gasteiger partial charge in [-0.15, -0.1) is 0 Å². The van der Waals surface area contributed by atoms with Gasteiger partial charge in [0.1, 0.15) is 0 Å². The Labute approximate surface area is 136 Å². The van der Waals surface area contributed by atoms with E-state index in [1.54, 1.807) is 6.08 Å². The molecule has 3 heteroatoms. The third kappa shape index (κ3) is 5.55. The second kappa shape index (κ2) is 8.69. The SMILES string of the molecule is COC(=O)CCCc1ccc(C(=O)/C=C/c2ccccc2)cc1. The number of methoxy groups -OCH3 is 1. The summed E-state index contributed by atoms with van der Waals surface area (Å²) in [5.41, 5.74) is 2.77. The maximum atomic E-state index is 12.1. The first-order valence-electron chi connectivity index (χ1n) is 7.62. The number of carbonyl (C=O) groups is 2. The summed E-state index contributed by atoms with van der Waals surface area (Å²) in [5, 5.41) is 0. The van der Waals surface area contributed by atoms with E-state index >= 15 is 0 Å². The van der Waals surface area contributed by atoms with Gasteiger partial charge in [-0.3, -0.25) is 9.59 Å². The zero-order valence-electron chi connectivity index (χ0n) is 13.2. The first kappa shape index (κ1) is 16.7. The normalized spacial score (nSPS) is 10.7. The summed E-state index contributed by atoms with van der Waals surface area (Å²) in [6.07, 6.45) is 5.35. The highest BCUT2D eigenvalue weighted by Crippen LogP contribution is 2.10. The van der Waals surface area contributed by atoms with Gasteiger partial charge in [-0.2, -0.15) is 0 Å². The molecule has 0 aromatic heterocycles. The van der Waals surface area contributed by atoms with Gasteiger partial charge in [0.15, 0.2) is 5.78 Å². The molecular weight excluding hydrogens is 288 g/mol. The molecule has 0 amide bonds. The van der Waals surface area contributed by atoms with E-state index in [-0.39, 0.29) is 11.8 Å². The van der Waals surface area contributed by atoms with Crippen molar-refractivity contribution in [1.82, 2.24) is 0 Å². The summed E-state index contributed by atoms with van der Waals surface area (Å²) in [4.78, 5) is 23.2. The largest absolute Gasteiger partial charge is 0.469 e. The van der Waals surface area contributed by atoms with Crippen LogP contribution in [0, 0.1) is 0 Å². The van der Waals surface area contributed by atoms with Gasteiger partial charge in [-0.05, 0) is 30.0 Å². The molecule has 0 fully saturated rings. The molecule has 0 bridgehead atoms. The highest BCUT2D eigenvalue weighted by atomic mass is 16.5. The predicted octanol–water partition coefficient (Wildman–Crippen LogP) is 4.08. The second-order valence-electron chi connectivity index (χ2n) is 5.23. The third-order valence-electron chi connectivity index (χ3n) is 3.54. The molecule has 0 aliphatic carbocycles. The molecule has 0 saturated carbocycles. The van der Waals surface area contributed by atoms with Crippen LogP contribution in [-0.4, -0.2) is 18.9 Å². The van der Waals surface area contributed by atoms with Crippen molar-refractivity contribution in [2.45, 2.75) is 19.3 Å². The van der Waals surface area contributed by atoms with Crippen LogP contribution in [0.3, 0.4) is 0 Å². The minimum Gasteiger partial charge on any atom is -0.469 e. The van der Waals surface area contributed by atoms with Crippen molar-refractivity contribution in [3.05, 3.63) is 77.4 Å². The molecule has 0 aliphatic rings. The standard InChI is InChI=1S/C20H20O3/c1-23-20(22)9-5-8-17-10-13-18(14-11-17)19(21)15-12-16-6-3-2-4-7-16/h2-4,6-7,10-15H,5,8-9H2,1H3/b15-12+. The monoisotopic (exact) mass is 308 g/mol. The molecule has 0 radical (unpaired) electrons. The fourth-order valence-corrected chi connectivity index (χ4v) is 2.21. The van der Waals surface area contributed by atoms with Crippen LogP contribution in [0.4, 0.5) is 0 Å². The lowest BCUT2D eigenvalue weighted by molar-refractivity contribution is -0.140. The number of allylic oxidation sites excluding steroid dienone is 1. The van der Waals surface area contributed by atoms with Gasteiger partial charge < -0.3 is 4.74 Å². The van der Waals surface area contributed by atoms with Crippen molar-refractivity contribution in [2.24, 2.45) is 0 Å². The first-order chi connectivity index (χ1) is 11.2. The van der Waals surface area contributed by atoms with E-state index in [1.165, 1.54) is 7.11 Å². The lowest BCUT2D eigenvalue weighted by Crippen LogP contribution is -2.00. The summed E-state index contributed by atoms with van der Waals surface area (Å²) in [6, 6.07) is 17.2. The van der Waals surface area contributed by atoms with E-state index in [1.807, 2.05) is 60.7 Å². The van der Waals surface area contributed by atoms with Crippen LogP contribution in [0.25, 0.3) is 6.08 Å². The van der Waals surface area contributed by atoms with E-state index in [2.05, 4.69) is 4.74 Å². The number of benzene rings is 2. The van der Waals surface area contributed by atoms with Crippen LogP contribution in [0.2, 0.25) is 0 Å². The zero-order chi connectivity index (χ0) is 16.5. The first-order valence-corrected chi connectivity index (χ1v) is 7.62. The maximum absolute atomic E-state index is 12.1. The smallest absolute Gasteiger partial charge is 0.305 e. The number of hydrogen-bond acceptors (Lipinski definition) is 3. The average molecular weight is 308 g/mol. The summed E-state index contributed by atoms with van der Waals surface area (Å²) < 4.78 is 4.61. The Morgan fingerprint density at radius 1 is 1.00 bits per heavy atom.